The van der Waals surface area contributed by atoms with Crippen molar-refractivity contribution >= 4 is 15.9 Å². The van der Waals surface area contributed by atoms with Crippen LogP contribution in [0.4, 0.5) is 0 Å². The third-order valence-corrected chi connectivity index (χ3v) is 5.46. The number of aromatic nitrogens is 1. The van der Waals surface area contributed by atoms with Gasteiger partial charge < -0.3 is 4.42 Å². The van der Waals surface area contributed by atoms with Crippen LogP contribution >= 0.6 is 0 Å². The fourth-order valence-corrected chi connectivity index (χ4v) is 3.90. The smallest absolute Gasteiger partial charge is 0.237 e. The van der Waals surface area contributed by atoms with Crippen LogP contribution < -0.4 is 0 Å². The normalized spacial score (nSPS) is 17.7. The first-order valence-electron chi connectivity index (χ1n) is 7.01. The van der Waals surface area contributed by atoms with Crippen molar-refractivity contribution in [3.63, 3.8) is 0 Å². The Bertz CT molecular complexity index is 810. The molecule has 1 aromatic carbocycles. The van der Waals surface area contributed by atoms with E-state index in [2.05, 4.69) is 4.98 Å². The van der Waals surface area contributed by atoms with Crippen LogP contribution in [0.1, 0.15) is 24.3 Å². The highest BCUT2D eigenvalue weighted by Gasteiger charge is 2.32. The Kier molecular flexibility index (Phi) is 3.74. The molecule has 6 nitrogen and oxygen atoms in total. The molecule has 0 bridgehead atoms. The summed E-state index contributed by atoms with van der Waals surface area (Å²) in [6.07, 6.45) is 2.17. The first-order valence-corrected chi connectivity index (χ1v) is 8.62. The van der Waals surface area contributed by atoms with Gasteiger partial charge in [0.1, 0.15) is 6.54 Å². The zero-order valence-corrected chi connectivity index (χ0v) is 13.0. The summed E-state index contributed by atoms with van der Waals surface area (Å²) in [4.78, 5) is 15.9. The number of carbonyl (C=O) groups excluding carboxylic acids is 1. The van der Waals surface area contributed by atoms with Gasteiger partial charge in [-0.15, -0.1) is 0 Å². The van der Waals surface area contributed by atoms with E-state index in [1.807, 2.05) is 31.2 Å². The Morgan fingerprint density at radius 1 is 1.32 bits per heavy atom. The molecule has 2 aromatic rings. The van der Waals surface area contributed by atoms with Crippen molar-refractivity contribution in [1.82, 2.24) is 9.29 Å². The van der Waals surface area contributed by atoms with Gasteiger partial charge in [-0.2, -0.15) is 0 Å². The van der Waals surface area contributed by atoms with Gasteiger partial charge in [0.15, 0.2) is 5.76 Å². The second-order valence-corrected chi connectivity index (χ2v) is 7.27. The van der Waals surface area contributed by atoms with E-state index in [1.165, 1.54) is 0 Å². The Hall–Kier alpha value is -2.15. The maximum absolute atomic E-state index is 12.0. The second-order valence-electron chi connectivity index (χ2n) is 5.25. The lowest BCUT2D eigenvalue weighted by Gasteiger charge is -2.24. The summed E-state index contributed by atoms with van der Waals surface area (Å²) in [6.45, 7) is 1.81. The first-order chi connectivity index (χ1) is 10.5. The van der Waals surface area contributed by atoms with E-state index in [0.717, 1.165) is 15.4 Å². The Balaban J connectivity index is 1.86. The molecule has 1 aromatic heterocycles. The minimum atomic E-state index is -3.55. The number of hydrogen-bond donors (Lipinski definition) is 0. The van der Waals surface area contributed by atoms with Crippen LogP contribution in [0, 0.1) is 6.92 Å². The van der Waals surface area contributed by atoms with Gasteiger partial charge in [-0.3, -0.25) is 4.79 Å². The maximum atomic E-state index is 12.0. The summed E-state index contributed by atoms with van der Waals surface area (Å²) < 4.78 is 30.4. The molecule has 0 atom stereocenters. The van der Waals surface area contributed by atoms with Crippen molar-refractivity contribution < 1.29 is 17.6 Å². The second kappa shape index (κ2) is 5.57. The quantitative estimate of drug-likeness (QED) is 0.865. The molecule has 1 saturated heterocycles. The molecular weight excluding hydrogens is 304 g/mol. The molecule has 3 rings (SSSR count). The summed E-state index contributed by atoms with van der Waals surface area (Å²) in [5.74, 6) is 0.373. The highest BCUT2D eigenvalue weighted by atomic mass is 32.2. The van der Waals surface area contributed by atoms with Crippen molar-refractivity contribution in [2.45, 2.75) is 26.3 Å². The summed E-state index contributed by atoms with van der Waals surface area (Å²) in [5, 5.41) is 0. The third-order valence-electron chi connectivity index (χ3n) is 3.65. The van der Waals surface area contributed by atoms with Crippen molar-refractivity contribution in [1.29, 1.82) is 0 Å². The standard InChI is InChI=1S/C15H16N2O4S/c1-11-5-2-3-6-12(11)13-9-16-14(21-13)10-17-15(18)7-4-8-22(17,19)20/h2-3,5-6,9H,4,7-8,10H2,1H3. The molecule has 116 valence electrons. The number of carbonyl (C=O) groups is 1. The molecule has 1 aliphatic heterocycles. The summed E-state index contributed by atoms with van der Waals surface area (Å²) in [5.41, 5.74) is 1.93. The summed E-state index contributed by atoms with van der Waals surface area (Å²) >= 11 is 0. The Morgan fingerprint density at radius 2 is 2.09 bits per heavy atom. The fraction of sp³-hybridized carbons (Fsp3) is 0.333. The van der Waals surface area contributed by atoms with E-state index < -0.39 is 15.9 Å². The molecule has 0 unspecified atom stereocenters. The highest BCUT2D eigenvalue weighted by molar-refractivity contribution is 7.89. The molecule has 0 radical (unpaired) electrons. The zero-order chi connectivity index (χ0) is 15.7. The predicted octanol–water partition coefficient (Wildman–Crippen LogP) is 2.10. The largest absolute Gasteiger partial charge is 0.439 e. The van der Waals surface area contributed by atoms with Crippen LogP contribution in [0.15, 0.2) is 34.9 Å². The van der Waals surface area contributed by atoms with Crippen molar-refractivity contribution in [3.8, 4) is 11.3 Å². The van der Waals surface area contributed by atoms with Crippen molar-refractivity contribution in [2.75, 3.05) is 5.75 Å². The van der Waals surface area contributed by atoms with Gasteiger partial charge in [-0.1, -0.05) is 24.3 Å². The van der Waals surface area contributed by atoms with E-state index in [9.17, 15) is 13.2 Å². The minimum absolute atomic E-state index is 0.00982. The van der Waals surface area contributed by atoms with E-state index in [-0.39, 0.29) is 24.6 Å². The lowest BCUT2D eigenvalue weighted by Crippen LogP contribution is -2.41. The van der Waals surface area contributed by atoms with E-state index in [1.54, 1.807) is 6.20 Å². The Labute approximate surface area is 128 Å². The van der Waals surface area contributed by atoms with Crippen LogP contribution in [0.2, 0.25) is 0 Å². The molecule has 0 N–H and O–H groups in total. The SMILES string of the molecule is Cc1ccccc1-c1cnc(CN2C(=O)CCCS2(=O)=O)o1. The molecule has 7 heteroatoms. The van der Waals surface area contributed by atoms with Gasteiger partial charge in [0.25, 0.3) is 0 Å². The monoisotopic (exact) mass is 320 g/mol. The summed E-state index contributed by atoms with van der Waals surface area (Å²) in [6, 6.07) is 7.68. The fourth-order valence-electron chi connectivity index (χ4n) is 2.46. The molecule has 1 fully saturated rings. The Morgan fingerprint density at radius 3 is 2.82 bits per heavy atom. The molecule has 22 heavy (non-hydrogen) atoms. The van der Waals surface area contributed by atoms with Gasteiger partial charge in [0, 0.05) is 12.0 Å². The van der Waals surface area contributed by atoms with Crippen LogP contribution in [0.3, 0.4) is 0 Å². The number of amides is 1. The third kappa shape index (κ3) is 2.76. The van der Waals surface area contributed by atoms with Gasteiger partial charge in [0.2, 0.25) is 21.8 Å². The predicted molar refractivity (Wildman–Crippen MR) is 80.2 cm³/mol. The molecule has 2 heterocycles. The number of nitrogens with zero attached hydrogens (tertiary/aromatic N) is 2. The van der Waals surface area contributed by atoms with Crippen LogP contribution in [-0.4, -0.2) is 29.4 Å². The van der Waals surface area contributed by atoms with Crippen LogP contribution in [0.25, 0.3) is 11.3 Å². The van der Waals surface area contributed by atoms with Gasteiger partial charge in [-0.05, 0) is 18.9 Å². The number of hydrogen-bond acceptors (Lipinski definition) is 5. The lowest BCUT2D eigenvalue weighted by molar-refractivity contribution is -0.127. The molecule has 0 aliphatic carbocycles. The van der Waals surface area contributed by atoms with Crippen molar-refractivity contribution in [3.05, 3.63) is 41.9 Å². The molecule has 1 amide bonds. The van der Waals surface area contributed by atoms with Gasteiger partial charge in [-0.25, -0.2) is 17.7 Å². The lowest BCUT2D eigenvalue weighted by atomic mass is 10.1. The first kappa shape index (κ1) is 14.8. The van der Waals surface area contributed by atoms with Gasteiger partial charge >= 0.3 is 0 Å². The topological polar surface area (TPSA) is 80.5 Å². The molecule has 1 aliphatic rings. The number of rotatable bonds is 3. The molecule has 0 spiro atoms. The number of oxazole rings is 1. The maximum Gasteiger partial charge on any atom is 0.237 e. The van der Waals surface area contributed by atoms with E-state index in [0.29, 0.717) is 12.2 Å². The highest BCUT2D eigenvalue weighted by Crippen LogP contribution is 2.25. The molecular formula is C15H16N2O4S. The zero-order valence-electron chi connectivity index (χ0n) is 12.2. The van der Waals surface area contributed by atoms with Crippen molar-refractivity contribution in [2.24, 2.45) is 0 Å². The average Bonchev–Trinajstić information content (AvgIpc) is 2.92. The van der Waals surface area contributed by atoms with Crippen LogP contribution in [0.5, 0.6) is 0 Å². The molecule has 0 saturated carbocycles. The minimum Gasteiger partial charge on any atom is -0.439 e. The van der Waals surface area contributed by atoms with E-state index >= 15 is 0 Å². The van der Waals surface area contributed by atoms with E-state index in [4.69, 9.17) is 4.42 Å². The number of sulfonamides is 1. The number of aryl methyl sites for hydroxylation is 1. The summed E-state index contributed by atoms with van der Waals surface area (Å²) in [7, 11) is -3.55. The van der Waals surface area contributed by atoms with Crippen LogP contribution in [-0.2, 0) is 21.4 Å². The average molecular weight is 320 g/mol. The number of benzene rings is 1. The van der Waals surface area contributed by atoms with Gasteiger partial charge in [0.05, 0.1) is 11.9 Å².